The van der Waals surface area contributed by atoms with Gasteiger partial charge in [-0.1, -0.05) is 51.5 Å². The molecule has 1 aromatic rings. The first-order chi connectivity index (χ1) is 9.05. The smallest absolute Gasteiger partial charge is 0.00430 e. The minimum atomic E-state index is 0.469. The van der Waals surface area contributed by atoms with Gasteiger partial charge in [0.05, 0.1) is 0 Å². The van der Waals surface area contributed by atoms with E-state index in [0.29, 0.717) is 17.3 Å². The monoisotopic (exact) mass is 259 g/mol. The summed E-state index contributed by atoms with van der Waals surface area (Å²) in [4.78, 5) is 0. The molecule has 19 heavy (non-hydrogen) atoms. The molecule has 0 aliphatic heterocycles. The molecule has 1 saturated carbocycles. The molecule has 1 aliphatic carbocycles. The summed E-state index contributed by atoms with van der Waals surface area (Å²) in [5.74, 6) is 1.33. The molecule has 1 fully saturated rings. The van der Waals surface area contributed by atoms with Crippen molar-refractivity contribution in [1.82, 2.24) is 0 Å². The van der Waals surface area contributed by atoms with Crippen LogP contribution in [0, 0.1) is 11.3 Å². The van der Waals surface area contributed by atoms with Gasteiger partial charge >= 0.3 is 0 Å². The molecule has 1 aliphatic rings. The summed E-state index contributed by atoms with van der Waals surface area (Å²) in [6, 6.07) is 9.24. The number of aryl methyl sites for hydroxylation is 1. The van der Waals surface area contributed by atoms with Gasteiger partial charge in [-0.2, -0.15) is 0 Å². The Hall–Kier alpha value is -0.820. The van der Waals surface area contributed by atoms with E-state index in [9.17, 15) is 0 Å². The van der Waals surface area contributed by atoms with Crippen molar-refractivity contribution in [3.05, 3.63) is 35.4 Å². The molecule has 1 aromatic carbocycles. The third-order valence-electron chi connectivity index (χ3n) is 4.75. The van der Waals surface area contributed by atoms with E-state index in [4.69, 9.17) is 5.73 Å². The number of rotatable bonds is 4. The summed E-state index contributed by atoms with van der Waals surface area (Å²) < 4.78 is 0. The van der Waals surface area contributed by atoms with E-state index in [-0.39, 0.29) is 0 Å². The Bertz CT molecular complexity index is 408. The number of nitrogens with two attached hydrogens (primary N) is 1. The van der Waals surface area contributed by atoms with Crippen LogP contribution in [-0.2, 0) is 6.42 Å². The van der Waals surface area contributed by atoms with Crippen molar-refractivity contribution in [2.24, 2.45) is 17.1 Å². The summed E-state index contributed by atoms with van der Waals surface area (Å²) >= 11 is 0. The third-order valence-corrected chi connectivity index (χ3v) is 4.75. The highest BCUT2D eigenvalue weighted by Crippen LogP contribution is 2.46. The van der Waals surface area contributed by atoms with Crippen molar-refractivity contribution < 1.29 is 0 Å². The Morgan fingerprint density at radius 2 is 2.11 bits per heavy atom. The quantitative estimate of drug-likeness (QED) is 0.846. The topological polar surface area (TPSA) is 26.0 Å². The van der Waals surface area contributed by atoms with Crippen LogP contribution in [0.25, 0.3) is 0 Å². The molecule has 2 atom stereocenters. The van der Waals surface area contributed by atoms with E-state index in [1.807, 2.05) is 0 Å². The third kappa shape index (κ3) is 3.60. The molecule has 0 aromatic heterocycles. The first-order valence-corrected chi connectivity index (χ1v) is 7.84. The van der Waals surface area contributed by atoms with Crippen LogP contribution in [0.1, 0.15) is 63.5 Å². The zero-order chi connectivity index (χ0) is 13.9. The van der Waals surface area contributed by atoms with Crippen LogP contribution in [0.2, 0.25) is 0 Å². The Morgan fingerprint density at radius 1 is 1.32 bits per heavy atom. The van der Waals surface area contributed by atoms with Gasteiger partial charge in [-0.25, -0.2) is 0 Å². The molecule has 0 bridgehead atoms. The lowest BCUT2D eigenvalue weighted by atomic mass is 9.65. The number of benzene rings is 1. The second-order valence-electron chi connectivity index (χ2n) is 7.00. The molecule has 0 heterocycles. The van der Waals surface area contributed by atoms with E-state index in [1.54, 1.807) is 0 Å². The van der Waals surface area contributed by atoms with Gasteiger partial charge in [-0.3, -0.25) is 0 Å². The van der Waals surface area contributed by atoms with Crippen LogP contribution in [-0.4, -0.2) is 6.54 Å². The average Bonchev–Trinajstić information content (AvgIpc) is 2.38. The fourth-order valence-corrected chi connectivity index (χ4v) is 3.58. The lowest BCUT2D eigenvalue weighted by Crippen LogP contribution is -2.32. The minimum absolute atomic E-state index is 0.469. The summed E-state index contributed by atoms with van der Waals surface area (Å²) in [6.07, 6.45) is 6.30. The highest BCUT2D eigenvalue weighted by Gasteiger charge is 2.34. The largest absolute Gasteiger partial charge is 0.330 e. The molecule has 0 amide bonds. The summed E-state index contributed by atoms with van der Waals surface area (Å²) in [6.45, 7) is 7.89. The molecule has 0 spiro atoms. The average molecular weight is 259 g/mol. The molecular weight excluding hydrogens is 230 g/mol. The van der Waals surface area contributed by atoms with Gasteiger partial charge in [0.15, 0.2) is 0 Å². The van der Waals surface area contributed by atoms with Gasteiger partial charge in [0, 0.05) is 0 Å². The zero-order valence-electron chi connectivity index (χ0n) is 12.8. The molecule has 2 N–H and O–H groups in total. The van der Waals surface area contributed by atoms with Crippen LogP contribution in [0.4, 0.5) is 0 Å². The van der Waals surface area contributed by atoms with Crippen molar-refractivity contribution >= 4 is 0 Å². The number of hydrogen-bond acceptors (Lipinski definition) is 1. The van der Waals surface area contributed by atoms with E-state index >= 15 is 0 Å². The van der Waals surface area contributed by atoms with Crippen LogP contribution in [0.15, 0.2) is 24.3 Å². The van der Waals surface area contributed by atoms with Crippen LogP contribution >= 0.6 is 0 Å². The molecule has 0 radical (unpaired) electrons. The van der Waals surface area contributed by atoms with Crippen molar-refractivity contribution in [2.75, 3.05) is 6.54 Å². The first-order valence-electron chi connectivity index (χ1n) is 7.84. The highest BCUT2D eigenvalue weighted by molar-refractivity contribution is 5.28. The Labute approximate surface area is 118 Å². The maximum atomic E-state index is 6.02. The Morgan fingerprint density at radius 3 is 2.79 bits per heavy atom. The summed E-state index contributed by atoms with van der Waals surface area (Å²) in [7, 11) is 0. The van der Waals surface area contributed by atoms with E-state index in [1.165, 1.54) is 43.2 Å². The Kier molecular flexibility index (Phi) is 4.67. The van der Waals surface area contributed by atoms with Gasteiger partial charge in [0.25, 0.3) is 0 Å². The van der Waals surface area contributed by atoms with Crippen LogP contribution in [0.5, 0.6) is 0 Å². The number of hydrogen-bond donors (Lipinski definition) is 1. The van der Waals surface area contributed by atoms with Crippen molar-refractivity contribution in [3.63, 3.8) is 0 Å². The highest BCUT2D eigenvalue weighted by atomic mass is 14.6. The molecule has 106 valence electrons. The lowest BCUT2D eigenvalue weighted by molar-refractivity contribution is 0.165. The predicted octanol–water partition coefficient (Wildman–Crippen LogP) is 4.51. The molecule has 1 heteroatoms. The Balaban J connectivity index is 2.23. The second-order valence-corrected chi connectivity index (χ2v) is 7.00. The fraction of sp³-hybridized carbons (Fsp3) is 0.667. The second kappa shape index (κ2) is 6.09. The van der Waals surface area contributed by atoms with Crippen LogP contribution in [0.3, 0.4) is 0 Å². The van der Waals surface area contributed by atoms with Crippen LogP contribution < -0.4 is 5.73 Å². The standard InChI is InChI=1S/C18H29N/c1-4-6-14-7-5-8-15(11-14)17-12-18(2,3)10-9-16(17)13-19/h5,7-8,11,16-17H,4,6,9-10,12-13,19H2,1-3H3. The SMILES string of the molecule is CCCc1cccc(C2CC(C)(C)CCC2CN)c1. The van der Waals surface area contributed by atoms with Crippen molar-refractivity contribution in [3.8, 4) is 0 Å². The van der Waals surface area contributed by atoms with Gasteiger partial charge in [0.2, 0.25) is 0 Å². The molecule has 1 nitrogen and oxygen atoms in total. The molecular formula is C18H29N. The van der Waals surface area contributed by atoms with E-state index < -0.39 is 0 Å². The maximum absolute atomic E-state index is 6.02. The van der Waals surface area contributed by atoms with Crippen molar-refractivity contribution in [1.29, 1.82) is 0 Å². The molecule has 2 unspecified atom stereocenters. The summed E-state index contributed by atoms with van der Waals surface area (Å²) in [5, 5.41) is 0. The molecule has 2 rings (SSSR count). The fourth-order valence-electron chi connectivity index (χ4n) is 3.58. The lowest BCUT2D eigenvalue weighted by Gasteiger charge is -2.41. The van der Waals surface area contributed by atoms with Gasteiger partial charge in [-0.15, -0.1) is 0 Å². The molecule has 0 saturated heterocycles. The minimum Gasteiger partial charge on any atom is -0.330 e. The van der Waals surface area contributed by atoms with E-state index in [2.05, 4.69) is 45.0 Å². The van der Waals surface area contributed by atoms with Gasteiger partial charge in [0.1, 0.15) is 0 Å². The van der Waals surface area contributed by atoms with Gasteiger partial charge in [-0.05, 0) is 60.6 Å². The van der Waals surface area contributed by atoms with Gasteiger partial charge < -0.3 is 5.73 Å². The predicted molar refractivity (Wildman–Crippen MR) is 83.4 cm³/mol. The van der Waals surface area contributed by atoms with E-state index in [0.717, 1.165) is 6.54 Å². The normalized spacial score (nSPS) is 26.3. The van der Waals surface area contributed by atoms with Crippen molar-refractivity contribution in [2.45, 2.75) is 58.8 Å². The summed E-state index contributed by atoms with van der Waals surface area (Å²) in [5.41, 5.74) is 9.49. The zero-order valence-corrected chi connectivity index (χ0v) is 12.8. The maximum Gasteiger partial charge on any atom is -0.00430 e. The first kappa shape index (κ1) is 14.6.